The van der Waals surface area contributed by atoms with Crippen LogP contribution >= 0.6 is 11.3 Å². The molecule has 1 aromatic heterocycles. The summed E-state index contributed by atoms with van der Waals surface area (Å²) in [6.07, 6.45) is 4.73. The first-order chi connectivity index (χ1) is 10.9. The number of hydrogen-bond acceptors (Lipinski definition) is 6. The monoisotopic (exact) mass is 336 g/mol. The summed E-state index contributed by atoms with van der Waals surface area (Å²) >= 11 is 1.96. The van der Waals surface area contributed by atoms with E-state index in [4.69, 9.17) is 16.3 Å². The SMILES string of the molecule is CCc1cc2c(s1)C(C)COC21CCNC(/C(N)=C/N(C)N)C1. The van der Waals surface area contributed by atoms with Gasteiger partial charge in [0.05, 0.1) is 18.2 Å². The highest BCUT2D eigenvalue weighted by Crippen LogP contribution is 2.48. The fraction of sp³-hybridized carbons (Fsp3) is 0.647. The van der Waals surface area contributed by atoms with Crippen LogP contribution in [0.1, 0.15) is 47.9 Å². The lowest BCUT2D eigenvalue weighted by molar-refractivity contribution is -0.0925. The van der Waals surface area contributed by atoms with Gasteiger partial charge in [0.1, 0.15) is 0 Å². The molecule has 3 rings (SSSR count). The summed E-state index contributed by atoms with van der Waals surface area (Å²) < 4.78 is 6.43. The molecule has 0 saturated carbocycles. The van der Waals surface area contributed by atoms with E-state index in [-0.39, 0.29) is 11.6 Å². The molecule has 1 spiro atoms. The lowest BCUT2D eigenvalue weighted by Gasteiger charge is -2.45. The van der Waals surface area contributed by atoms with Crippen LogP contribution < -0.4 is 16.9 Å². The Morgan fingerprint density at radius 2 is 2.39 bits per heavy atom. The van der Waals surface area contributed by atoms with Crippen molar-refractivity contribution in [3.8, 4) is 0 Å². The van der Waals surface area contributed by atoms with Crippen molar-refractivity contribution in [3.05, 3.63) is 33.3 Å². The van der Waals surface area contributed by atoms with Crippen molar-refractivity contribution in [1.29, 1.82) is 0 Å². The number of thiophene rings is 1. The highest BCUT2D eigenvalue weighted by Gasteiger charge is 2.45. The fourth-order valence-electron chi connectivity index (χ4n) is 3.68. The smallest absolute Gasteiger partial charge is 0.0973 e. The molecular weight excluding hydrogens is 308 g/mol. The van der Waals surface area contributed by atoms with Crippen molar-refractivity contribution in [2.45, 2.75) is 50.7 Å². The molecular formula is C17H28N4OS. The zero-order valence-electron chi connectivity index (χ0n) is 14.3. The molecule has 0 amide bonds. The first-order valence-corrected chi connectivity index (χ1v) is 9.22. The molecule has 0 radical (unpaired) electrons. The van der Waals surface area contributed by atoms with E-state index < -0.39 is 0 Å². The molecule has 3 atom stereocenters. The maximum absolute atomic E-state index is 6.43. The van der Waals surface area contributed by atoms with Crippen LogP contribution in [0.5, 0.6) is 0 Å². The second-order valence-electron chi connectivity index (χ2n) is 6.81. The average molecular weight is 337 g/mol. The van der Waals surface area contributed by atoms with Gasteiger partial charge in [-0.25, -0.2) is 5.84 Å². The third-order valence-electron chi connectivity index (χ3n) is 4.92. The first-order valence-electron chi connectivity index (χ1n) is 8.40. The molecule has 0 aliphatic carbocycles. The Morgan fingerprint density at radius 3 is 3.09 bits per heavy atom. The van der Waals surface area contributed by atoms with Gasteiger partial charge in [0, 0.05) is 41.0 Å². The van der Waals surface area contributed by atoms with E-state index in [1.807, 2.05) is 11.3 Å². The van der Waals surface area contributed by atoms with Gasteiger partial charge in [-0.05, 0) is 31.0 Å². The van der Waals surface area contributed by atoms with Crippen LogP contribution in [0.25, 0.3) is 0 Å². The quantitative estimate of drug-likeness (QED) is 0.581. The molecule has 3 heterocycles. The van der Waals surface area contributed by atoms with Crippen LogP contribution in [-0.2, 0) is 16.8 Å². The number of fused-ring (bicyclic) bond motifs is 2. The number of ether oxygens (including phenoxy) is 1. The van der Waals surface area contributed by atoms with E-state index in [2.05, 4.69) is 25.2 Å². The van der Waals surface area contributed by atoms with Crippen molar-refractivity contribution >= 4 is 11.3 Å². The van der Waals surface area contributed by atoms with Crippen molar-refractivity contribution in [3.63, 3.8) is 0 Å². The predicted molar refractivity (Wildman–Crippen MR) is 95.0 cm³/mol. The molecule has 1 aromatic rings. The Balaban J connectivity index is 1.93. The van der Waals surface area contributed by atoms with Gasteiger partial charge >= 0.3 is 0 Å². The van der Waals surface area contributed by atoms with Crippen molar-refractivity contribution in [2.75, 3.05) is 20.2 Å². The Bertz CT molecular complexity index is 597. The third-order valence-corrected chi connectivity index (χ3v) is 6.43. The minimum atomic E-state index is -0.201. The van der Waals surface area contributed by atoms with Crippen molar-refractivity contribution < 1.29 is 4.74 Å². The lowest BCUT2D eigenvalue weighted by atomic mass is 9.78. The van der Waals surface area contributed by atoms with E-state index >= 15 is 0 Å². The number of nitrogens with one attached hydrogen (secondary N) is 1. The van der Waals surface area contributed by atoms with Gasteiger partial charge in [-0.1, -0.05) is 13.8 Å². The van der Waals surface area contributed by atoms with Crippen molar-refractivity contribution in [2.24, 2.45) is 11.6 Å². The van der Waals surface area contributed by atoms with Crippen molar-refractivity contribution in [1.82, 2.24) is 10.3 Å². The van der Waals surface area contributed by atoms with Gasteiger partial charge in [-0.15, -0.1) is 11.3 Å². The number of hydrogen-bond donors (Lipinski definition) is 3. The zero-order chi connectivity index (χ0) is 16.6. The maximum Gasteiger partial charge on any atom is 0.0973 e. The van der Waals surface area contributed by atoms with Gasteiger partial charge in [0.2, 0.25) is 0 Å². The molecule has 2 aliphatic heterocycles. The molecule has 0 aromatic carbocycles. The summed E-state index contributed by atoms with van der Waals surface area (Å²) in [6, 6.07) is 2.47. The summed E-state index contributed by atoms with van der Waals surface area (Å²) in [5.41, 5.74) is 8.21. The summed E-state index contributed by atoms with van der Waals surface area (Å²) in [5, 5.41) is 5.01. The standard InChI is InChI=1S/C17H28N4OS/c1-4-12-7-13-16(23-12)11(2)10-22-17(13)5-6-20-15(8-17)14(18)9-21(3)19/h7,9,11,15,20H,4-6,8,10,18-19H2,1-3H3/b14-9-. The Hall–Kier alpha value is -1.08. The van der Waals surface area contributed by atoms with E-state index in [0.717, 1.165) is 38.1 Å². The number of aryl methyl sites for hydroxylation is 1. The molecule has 1 fully saturated rings. The van der Waals surface area contributed by atoms with Gasteiger partial charge in [0.25, 0.3) is 0 Å². The van der Waals surface area contributed by atoms with E-state index in [1.54, 1.807) is 13.2 Å². The van der Waals surface area contributed by atoms with Gasteiger partial charge in [-0.3, -0.25) is 0 Å². The Labute approximate surface area is 142 Å². The van der Waals surface area contributed by atoms with Gasteiger partial charge < -0.3 is 20.8 Å². The molecule has 2 aliphatic rings. The molecule has 5 N–H and O–H groups in total. The highest BCUT2D eigenvalue weighted by atomic mass is 32.1. The predicted octanol–water partition coefficient (Wildman–Crippen LogP) is 2.00. The molecule has 1 saturated heterocycles. The normalized spacial score (nSPS) is 31.2. The fourth-order valence-corrected chi connectivity index (χ4v) is 4.91. The summed E-state index contributed by atoms with van der Waals surface area (Å²) in [6.45, 7) is 6.18. The minimum absolute atomic E-state index is 0.0981. The number of nitrogens with two attached hydrogens (primary N) is 2. The first kappa shape index (κ1) is 16.8. The van der Waals surface area contributed by atoms with Crippen LogP contribution in [0.15, 0.2) is 18.0 Å². The number of rotatable bonds is 3. The molecule has 6 heteroatoms. The summed E-state index contributed by atoms with van der Waals surface area (Å²) in [5.74, 6) is 6.19. The summed E-state index contributed by atoms with van der Waals surface area (Å²) in [4.78, 5) is 2.96. The number of nitrogens with zero attached hydrogens (tertiary/aromatic N) is 1. The maximum atomic E-state index is 6.43. The number of piperidine rings is 1. The third kappa shape index (κ3) is 3.13. The van der Waals surface area contributed by atoms with Gasteiger partial charge in [-0.2, -0.15) is 0 Å². The second kappa shape index (κ2) is 6.43. The number of hydrazine groups is 1. The molecule has 5 nitrogen and oxygen atoms in total. The largest absolute Gasteiger partial charge is 0.400 e. The zero-order valence-corrected chi connectivity index (χ0v) is 15.1. The average Bonchev–Trinajstić information content (AvgIpc) is 2.97. The molecule has 3 unspecified atom stereocenters. The summed E-state index contributed by atoms with van der Waals surface area (Å²) in [7, 11) is 1.79. The van der Waals surface area contributed by atoms with Crippen LogP contribution in [0.2, 0.25) is 0 Å². The van der Waals surface area contributed by atoms with E-state index in [9.17, 15) is 0 Å². The molecule has 128 valence electrons. The molecule has 23 heavy (non-hydrogen) atoms. The van der Waals surface area contributed by atoms with E-state index in [1.165, 1.54) is 20.3 Å². The minimum Gasteiger partial charge on any atom is -0.400 e. The lowest BCUT2D eigenvalue weighted by Crippen LogP contribution is -2.51. The van der Waals surface area contributed by atoms with Crippen LogP contribution in [0.3, 0.4) is 0 Å². The van der Waals surface area contributed by atoms with Crippen LogP contribution in [0, 0.1) is 0 Å². The molecule has 0 bridgehead atoms. The van der Waals surface area contributed by atoms with E-state index in [0.29, 0.717) is 5.92 Å². The Kier molecular flexibility index (Phi) is 4.69. The van der Waals surface area contributed by atoms with Gasteiger partial charge in [0.15, 0.2) is 0 Å². The Morgan fingerprint density at radius 1 is 1.61 bits per heavy atom. The topological polar surface area (TPSA) is 76.5 Å². The van der Waals surface area contributed by atoms with Crippen LogP contribution in [-0.4, -0.2) is 31.3 Å². The van der Waals surface area contributed by atoms with Crippen LogP contribution in [0.4, 0.5) is 0 Å². The second-order valence-corrected chi connectivity index (χ2v) is 7.97. The highest BCUT2D eigenvalue weighted by molar-refractivity contribution is 7.12.